The summed E-state index contributed by atoms with van der Waals surface area (Å²) >= 11 is 0. The van der Waals surface area contributed by atoms with Gasteiger partial charge >= 0.3 is 6.03 Å². The minimum absolute atomic E-state index is 0.00298. The van der Waals surface area contributed by atoms with Crippen molar-refractivity contribution in [2.24, 2.45) is 5.92 Å². The molecule has 2 aromatic rings. The van der Waals surface area contributed by atoms with E-state index in [-0.39, 0.29) is 23.9 Å². The molecule has 1 aromatic heterocycles. The van der Waals surface area contributed by atoms with E-state index in [4.69, 9.17) is 4.74 Å². The molecule has 1 saturated carbocycles. The Hall–Kier alpha value is -2.98. The van der Waals surface area contributed by atoms with E-state index < -0.39 is 21.6 Å². The quantitative estimate of drug-likeness (QED) is 0.556. The molecule has 0 atom stereocenters. The van der Waals surface area contributed by atoms with Crippen molar-refractivity contribution in [1.82, 2.24) is 19.9 Å². The number of ether oxygens (including phenoxy) is 1. The number of aromatic nitrogens is 1. The number of carbonyl (C=O) groups excluding carboxylic acids is 2. The molecule has 10 heteroatoms. The topological polar surface area (TPSA) is 118 Å². The normalized spacial score (nSPS) is 16.9. The van der Waals surface area contributed by atoms with Gasteiger partial charge in [-0.15, -0.1) is 0 Å². The summed E-state index contributed by atoms with van der Waals surface area (Å²) in [5.74, 6) is 0.764. The van der Waals surface area contributed by atoms with Gasteiger partial charge in [-0.05, 0) is 56.4 Å². The molecule has 2 heterocycles. The van der Waals surface area contributed by atoms with E-state index in [1.54, 1.807) is 44.3 Å². The number of nitrogens with one attached hydrogen (secondary N) is 2. The fourth-order valence-electron chi connectivity index (χ4n) is 3.38. The first kappa shape index (κ1) is 22.2. The molecule has 0 spiro atoms. The first-order valence-electron chi connectivity index (χ1n) is 10.4. The molecule has 170 valence electrons. The van der Waals surface area contributed by atoms with Gasteiger partial charge in [0.1, 0.15) is 12.3 Å². The average molecular weight is 459 g/mol. The highest BCUT2D eigenvalue weighted by Crippen LogP contribution is 2.30. The summed E-state index contributed by atoms with van der Waals surface area (Å²) in [6.45, 7) is 4.30. The zero-order chi connectivity index (χ0) is 22.9. The Morgan fingerprint density at radius 1 is 1.22 bits per heavy atom. The molecule has 0 unspecified atom stereocenters. The van der Waals surface area contributed by atoms with Crippen molar-refractivity contribution in [2.75, 3.05) is 13.2 Å². The second-order valence-electron chi connectivity index (χ2n) is 8.71. The van der Waals surface area contributed by atoms with Crippen LogP contribution in [0.1, 0.15) is 37.9 Å². The van der Waals surface area contributed by atoms with Crippen LogP contribution >= 0.6 is 0 Å². The van der Waals surface area contributed by atoms with E-state index >= 15 is 0 Å². The van der Waals surface area contributed by atoms with Crippen LogP contribution in [0.15, 0.2) is 47.5 Å². The van der Waals surface area contributed by atoms with E-state index in [0.717, 1.165) is 12.8 Å². The molecular formula is C22H26N4O5S. The van der Waals surface area contributed by atoms with Gasteiger partial charge in [0.15, 0.2) is 0 Å². The van der Waals surface area contributed by atoms with Crippen LogP contribution in [-0.2, 0) is 26.9 Å². The predicted molar refractivity (Wildman–Crippen MR) is 116 cm³/mol. The minimum Gasteiger partial charge on any atom is -0.493 e. The summed E-state index contributed by atoms with van der Waals surface area (Å²) < 4.78 is 34.5. The largest absolute Gasteiger partial charge is 0.493 e. The van der Waals surface area contributed by atoms with Gasteiger partial charge in [-0.1, -0.05) is 12.1 Å². The number of pyridine rings is 1. The Bertz CT molecular complexity index is 1130. The SMILES string of the molecule is CC(C)(NS(=O)(=O)c1cccc(OCC2CC2)c1)c1ccc(CN2CC(=O)NC2=O)nc1. The Morgan fingerprint density at radius 3 is 2.62 bits per heavy atom. The number of urea groups is 1. The van der Waals surface area contributed by atoms with Crippen LogP contribution in [0.3, 0.4) is 0 Å². The Balaban J connectivity index is 1.44. The molecule has 0 radical (unpaired) electrons. The van der Waals surface area contributed by atoms with Gasteiger partial charge in [0.25, 0.3) is 0 Å². The van der Waals surface area contributed by atoms with Gasteiger partial charge in [0, 0.05) is 12.3 Å². The van der Waals surface area contributed by atoms with E-state index in [9.17, 15) is 18.0 Å². The number of nitrogens with zero attached hydrogens (tertiary/aromatic N) is 2. The van der Waals surface area contributed by atoms with Crippen LogP contribution in [0, 0.1) is 5.92 Å². The fraction of sp³-hybridized carbons (Fsp3) is 0.409. The zero-order valence-corrected chi connectivity index (χ0v) is 18.8. The highest BCUT2D eigenvalue weighted by molar-refractivity contribution is 7.89. The molecule has 1 aromatic carbocycles. The summed E-state index contributed by atoms with van der Waals surface area (Å²) in [6.07, 6.45) is 3.89. The number of rotatable bonds is 9. The number of hydrogen-bond acceptors (Lipinski definition) is 6. The van der Waals surface area contributed by atoms with Crippen LogP contribution in [-0.4, -0.2) is 43.4 Å². The smallest absolute Gasteiger partial charge is 0.324 e. The van der Waals surface area contributed by atoms with Crippen LogP contribution in [0.2, 0.25) is 0 Å². The number of sulfonamides is 1. The molecule has 32 heavy (non-hydrogen) atoms. The molecule has 2 N–H and O–H groups in total. The minimum atomic E-state index is -3.81. The number of amides is 3. The maximum atomic E-state index is 13.0. The van der Waals surface area contributed by atoms with Crippen molar-refractivity contribution in [3.8, 4) is 5.75 Å². The molecule has 1 aliphatic heterocycles. The second kappa shape index (κ2) is 8.51. The lowest BCUT2D eigenvalue weighted by molar-refractivity contribution is -0.118. The van der Waals surface area contributed by atoms with Gasteiger partial charge in [-0.2, -0.15) is 0 Å². The molecule has 3 amide bonds. The summed E-state index contributed by atoms with van der Waals surface area (Å²) in [5.41, 5.74) is 0.321. The predicted octanol–water partition coefficient (Wildman–Crippen LogP) is 2.14. The first-order chi connectivity index (χ1) is 15.1. The van der Waals surface area contributed by atoms with E-state index in [1.807, 2.05) is 0 Å². The lowest BCUT2D eigenvalue weighted by Gasteiger charge is -2.26. The molecule has 2 aliphatic rings. The summed E-state index contributed by atoms with van der Waals surface area (Å²) in [7, 11) is -3.81. The van der Waals surface area contributed by atoms with E-state index in [0.29, 0.717) is 29.5 Å². The van der Waals surface area contributed by atoms with Gasteiger partial charge < -0.3 is 9.64 Å². The molecule has 1 saturated heterocycles. The summed E-state index contributed by atoms with van der Waals surface area (Å²) in [5, 5.41) is 2.22. The van der Waals surface area contributed by atoms with Crippen LogP contribution in [0.4, 0.5) is 4.79 Å². The third-order valence-electron chi connectivity index (χ3n) is 5.46. The maximum Gasteiger partial charge on any atom is 0.324 e. The van der Waals surface area contributed by atoms with E-state index in [2.05, 4.69) is 15.0 Å². The molecule has 2 fully saturated rings. The van der Waals surface area contributed by atoms with Gasteiger partial charge in [-0.25, -0.2) is 17.9 Å². The summed E-state index contributed by atoms with van der Waals surface area (Å²) in [6, 6.07) is 9.51. The lowest BCUT2D eigenvalue weighted by atomic mass is 9.97. The van der Waals surface area contributed by atoms with Crippen LogP contribution < -0.4 is 14.8 Å². The maximum absolute atomic E-state index is 13.0. The van der Waals surface area contributed by atoms with Crippen LogP contribution in [0.25, 0.3) is 0 Å². The van der Waals surface area contributed by atoms with Gasteiger partial charge in [0.05, 0.1) is 29.3 Å². The highest BCUT2D eigenvalue weighted by atomic mass is 32.2. The number of benzene rings is 1. The van der Waals surface area contributed by atoms with Crippen molar-refractivity contribution in [1.29, 1.82) is 0 Å². The number of hydrogen-bond donors (Lipinski definition) is 2. The van der Waals surface area contributed by atoms with Crippen molar-refractivity contribution in [3.63, 3.8) is 0 Å². The monoisotopic (exact) mass is 458 g/mol. The van der Waals surface area contributed by atoms with Gasteiger partial charge in [0.2, 0.25) is 15.9 Å². The summed E-state index contributed by atoms with van der Waals surface area (Å²) in [4.78, 5) is 28.8. The Labute approximate surface area is 187 Å². The third-order valence-corrected chi connectivity index (χ3v) is 7.11. The Kier molecular flexibility index (Phi) is 5.91. The first-order valence-corrected chi connectivity index (χ1v) is 11.9. The third kappa shape index (κ3) is 5.25. The molecule has 9 nitrogen and oxygen atoms in total. The number of carbonyl (C=O) groups is 2. The van der Waals surface area contributed by atoms with Crippen molar-refractivity contribution < 1.29 is 22.7 Å². The van der Waals surface area contributed by atoms with Crippen molar-refractivity contribution >= 4 is 22.0 Å². The van der Waals surface area contributed by atoms with Crippen LogP contribution in [0.5, 0.6) is 5.75 Å². The van der Waals surface area contributed by atoms with Crippen molar-refractivity contribution in [2.45, 2.75) is 43.7 Å². The second-order valence-corrected chi connectivity index (χ2v) is 10.4. The van der Waals surface area contributed by atoms with Gasteiger partial charge in [-0.3, -0.25) is 15.1 Å². The highest BCUT2D eigenvalue weighted by Gasteiger charge is 2.30. The lowest BCUT2D eigenvalue weighted by Crippen LogP contribution is -2.41. The molecular weight excluding hydrogens is 432 g/mol. The standard InChI is InChI=1S/C22H26N4O5S/c1-22(2,16-8-9-17(23-11-16)12-26-13-20(27)24-21(26)28)25-32(29,30)19-5-3-4-18(10-19)31-14-15-6-7-15/h3-5,8-11,15,25H,6-7,12-14H2,1-2H3,(H,24,27,28). The molecule has 0 bridgehead atoms. The van der Waals surface area contributed by atoms with Crippen molar-refractivity contribution in [3.05, 3.63) is 53.9 Å². The zero-order valence-electron chi connectivity index (χ0n) is 18.0. The number of imide groups is 1. The van der Waals surface area contributed by atoms with E-state index in [1.165, 1.54) is 17.0 Å². The fourth-order valence-corrected chi connectivity index (χ4v) is 4.81. The Morgan fingerprint density at radius 2 is 2.00 bits per heavy atom. The average Bonchev–Trinajstić information content (AvgIpc) is 3.51. The molecule has 4 rings (SSSR count). The molecule has 1 aliphatic carbocycles.